The van der Waals surface area contributed by atoms with E-state index in [1.807, 2.05) is 0 Å². The van der Waals surface area contributed by atoms with E-state index >= 15 is 0 Å². The summed E-state index contributed by atoms with van der Waals surface area (Å²) in [5.74, 6) is 4.86. The molecular weight excluding hydrogens is 1590 g/mol. The zero-order valence-corrected chi connectivity index (χ0v) is 79.6. The van der Waals surface area contributed by atoms with Crippen LogP contribution >= 0.6 is 11.6 Å². The molecule has 0 amide bonds. The van der Waals surface area contributed by atoms with E-state index in [1.165, 1.54) is 136 Å². The molecule has 14 rings (SSSR count). The van der Waals surface area contributed by atoms with Crippen molar-refractivity contribution < 1.29 is 64.1 Å². The minimum absolute atomic E-state index is 0.0163. The molecule has 21 heteroatoms. The van der Waals surface area contributed by atoms with Gasteiger partial charge in [-0.05, 0) is 306 Å². The first-order valence-corrected chi connectivity index (χ1v) is 52.0. The van der Waals surface area contributed by atoms with Gasteiger partial charge in [-0.25, -0.2) is 25.6 Å². The average Bonchev–Trinajstić information content (AvgIpc) is 1.66. The standard InChI is InChI=1S/C50H79FN2O6S.C43H67FN2O4S.C7H13ClO2/c1-9-10-11-12-42(54)58-34-59-44(55)49(33-51)22-15-36(16-23-49)38-18-20-46(6)40(45(38,4)5)19-21-48(8)41(46)14-13-39-43-37(35(2)3)17-24-50(43,26-25-47(39,48)7)52-27-28-53-29-31-60(56,57)32-30-53;1-29(2)31-12-19-43(45-22-23-46-24-26-51(49,50)27-25-46)21-20-40(6)33(36(31)43)8-9-35-39(5)15-13-32(38(3,4)34(39)14-16-41(35,40)7)30-10-17-42(28-44,18-11-30)37(47)48;1-2-3-4-5-7(9)10-6-8/h15,18,37,39-41,43,52H,2,9-14,16-17,19-34H2,1,3-8H3;10,13,31,33-36,45H,1,8-9,11-12,14-28H2,2-7H3,(H,47,48);2-6H2,1H3/t37-,39+,40-,41+,43+,46-,47+,48+,49+,50-;31-,33+,34-,35+,36+,39-,40+,41+,42+,43-;/m00./s1. The van der Waals surface area contributed by atoms with Gasteiger partial charge in [-0.3, -0.25) is 19.2 Å². The lowest BCUT2D eigenvalue weighted by atomic mass is 9.33. The largest absolute Gasteiger partial charge is 0.481 e. The zero-order chi connectivity index (χ0) is 88.0. The van der Waals surface area contributed by atoms with Crippen LogP contribution in [0.2, 0.25) is 0 Å². The van der Waals surface area contributed by atoms with Gasteiger partial charge >= 0.3 is 23.9 Å². The van der Waals surface area contributed by atoms with Crippen LogP contribution in [0.5, 0.6) is 0 Å². The molecule has 2 aliphatic heterocycles. The van der Waals surface area contributed by atoms with E-state index in [0.717, 1.165) is 77.5 Å². The van der Waals surface area contributed by atoms with Gasteiger partial charge in [0.1, 0.15) is 18.8 Å². The van der Waals surface area contributed by atoms with Crippen LogP contribution in [-0.4, -0.2) is 168 Å². The maximum atomic E-state index is 14.7. The van der Waals surface area contributed by atoms with Gasteiger partial charge in [0.15, 0.2) is 25.7 Å². The summed E-state index contributed by atoms with van der Waals surface area (Å²) in [4.78, 5) is 52.6. The Labute approximate surface area is 734 Å². The summed E-state index contributed by atoms with van der Waals surface area (Å²) in [7, 11) is -5.75. The van der Waals surface area contributed by atoms with E-state index in [0.29, 0.717) is 142 Å². The van der Waals surface area contributed by atoms with Gasteiger partial charge in [0.25, 0.3) is 0 Å². The Morgan fingerprint density at radius 1 is 0.496 bits per heavy atom. The smallest absolute Gasteiger partial charge is 0.317 e. The van der Waals surface area contributed by atoms with E-state index in [9.17, 15) is 49.9 Å². The molecule has 10 fully saturated rings. The Bertz CT molecular complexity index is 4130. The number of carboxylic acids is 1. The van der Waals surface area contributed by atoms with Gasteiger partial charge in [-0.2, -0.15) is 0 Å². The number of aliphatic carboxylic acids is 1. The fourth-order valence-electron chi connectivity index (χ4n) is 30.6. The van der Waals surface area contributed by atoms with E-state index in [4.69, 9.17) is 21.1 Å². The Hall–Kier alpha value is -3.79. The number of ether oxygens (including phenoxy) is 3. The normalized spacial score (nSPS) is 40.4. The first-order chi connectivity index (χ1) is 57.0. The molecule has 0 unspecified atom stereocenters. The number of carboxylic acid groups (broad SMARTS) is 1. The summed E-state index contributed by atoms with van der Waals surface area (Å²) in [6.07, 6.45) is 40.4. The maximum absolute atomic E-state index is 14.7. The molecule has 3 N–H and O–H groups in total. The number of sulfone groups is 2. The second-order valence-electron chi connectivity index (χ2n) is 44.2. The minimum atomic E-state index is -2.88. The van der Waals surface area contributed by atoms with E-state index in [2.05, 4.69) is 160 Å². The predicted molar refractivity (Wildman–Crippen MR) is 482 cm³/mol. The third-order valence-electron chi connectivity index (χ3n) is 37.9. The molecule has 684 valence electrons. The SMILES string of the molecule is C=C(C)[C@@H]1CC[C@]2(NCCN3CCS(=O)(=O)CC3)CC[C@]3(C)[C@H](CC[C@@H]4[C@@]5(C)CC=C(C6=CC[C@@](CF)(C(=O)O)CC6)C(C)(C)[C@@H]5CC[C@]43C)[C@@H]12.C=C(C)[C@@H]1CC[C@]2(NCCN3CCS(=O)(=O)CC3)CC[C@]3(C)[C@H](CC[C@@H]4[C@@]5(C)CC=C(C6=CC[C@@](CF)(C(=O)OCOC(=O)CCCCC)CC6)C(C)(C)[C@@H]5CC[C@]43C)[C@@H]12.CCCCCC(=O)OCCl. The number of carbonyl (C=O) groups excluding carboxylic acids is 3. The molecule has 0 radical (unpaired) electrons. The lowest BCUT2D eigenvalue weighted by Gasteiger charge is -2.72. The van der Waals surface area contributed by atoms with Crippen molar-refractivity contribution in [2.75, 3.05) is 102 Å². The summed E-state index contributed by atoms with van der Waals surface area (Å²) in [6, 6.07) is -0.0229. The lowest BCUT2D eigenvalue weighted by Crippen LogP contribution is -2.68. The van der Waals surface area contributed by atoms with Crippen molar-refractivity contribution in [3.8, 4) is 0 Å². The number of unbranched alkanes of at least 4 members (excludes halogenated alkanes) is 4. The molecule has 2 saturated heterocycles. The number of fused-ring (bicyclic) bond motifs is 14. The molecule has 2 heterocycles. The first kappa shape index (κ1) is 96.3. The van der Waals surface area contributed by atoms with E-state index in [-0.39, 0.29) is 90.3 Å². The second kappa shape index (κ2) is 37.4. The summed E-state index contributed by atoms with van der Waals surface area (Å²) >= 11 is 5.17. The van der Waals surface area contributed by atoms with Crippen LogP contribution in [0.4, 0.5) is 8.78 Å². The highest BCUT2D eigenvalue weighted by atomic mass is 35.5. The van der Waals surface area contributed by atoms with Gasteiger partial charge in [0.05, 0.1) is 28.4 Å². The van der Waals surface area contributed by atoms with Crippen molar-refractivity contribution in [2.24, 2.45) is 113 Å². The molecule has 12 aliphatic carbocycles. The monoisotopic (exact) mass is 1750 g/mol. The Kier molecular flexibility index (Phi) is 29.7. The Balaban J connectivity index is 0.000000201. The van der Waals surface area contributed by atoms with Crippen molar-refractivity contribution in [1.82, 2.24) is 20.4 Å². The van der Waals surface area contributed by atoms with Crippen LogP contribution < -0.4 is 10.6 Å². The number of nitrogens with one attached hydrogen (secondary N) is 2. The topological polar surface area (TPSA) is 215 Å². The number of allylic oxidation sites excluding steroid dienone is 10. The molecular formula is C100H159ClF2N4O12S2. The van der Waals surface area contributed by atoms with Crippen LogP contribution in [0.3, 0.4) is 0 Å². The molecule has 0 bridgehead atoms. The predicted octanol–water partition coefficient (Wildman–Crippen LogP) is 20.7. The Morgan fingerprint density at radius 3 is 1.26 bits per heavy atom. The summed E-state index contributed by atoms with van der Waals surface area (Å²) in [5, 5.41) is 18.2. The minimum Gasteiger partial charge on any atom is -0.481 e. The highest BCUT2D eigenvalue weighted by molar-refractivity contribution is 7.91. The number of rotatable bonds is 27. The molecule has 0 aromatic carbocycles. The van der Waals surface area contributed by atoms with Gasteiger partial charge < -0.3 is 39.8 Å². The van der Waals surface area contributed by atoms with Crippen molar-refractivity contribution in [2.45, 2.75) is 313 Å². The van der Waals surface area contributed by atoms with Crippen LogP contribution in [0.15, 0.2) is 70.9 Å². The third kappa shape index (κ3) is 18.1. The average molecular weight is 1750 g/mol. The Morgan fingerprint density at radius 2 is 0.901 bits per heavy atom. The van der Waals surface area contributed by atoms with Crippen molar-refractivity contribution in [3.05, 3.63) is 70.9 Å². The summed E-state index contributed by atoms with van der Waals surface area (Å²) < 4.78 is 92.0. The fourth-order valence-corrected chi connectivity index (χ4v) is 33.3. The molecule has 16 nitrogen and oxygen atoms in total. The van der Waals surface area contributed by atoms with Crippen LogP contribution in [0.25, 0.3) is 0 Å². The summed E-state index contributed by atoms with van der Waals surface area (Å²) in [5.41, 5.74) is 7.06. The second-order valence-corrected chi connectivity index (χ2v) is 49.0. The number of esters is 3. The molecule has 20 atom stereocenters. The zero-order valence-electron chi connectivity index (χ0n) is 77.2. The highest BCUT2D eigenvalue weighted by Crippen LogP contribution is 2.79. The van der Waals surface area contributed by atoms with Gasteiger partial charge in [-0.1, -0.05) is 169 Å². The van der Waals surface area contributed by atoms with E-state index in [1.54, 1.807) is 0 Å². The van der Waals surface area contributed by atoms with Crippen molar-refractivity contribution >= 4 is 55.2 Å². The molecule has 0 spiro atoms. The van der Waals surface area contributed by atoms with Crippen molar-refractivity contribution in [3.63, 3.8) is 0 Å². The van der Waals surface area contributed by atoms with Gasteiger partial charge in [0, 0.05) is 76.3 Å². The first-order valence-electron chi connectivity index (χ1n) is 47.9. The lowest BCUT2D eigenvalue weighted by molar-refractivity contribution is -0.221. The molecule has 14 aliphatic rings. The number of hydrogen-bond acceptors (Lipinski definition) is 15. The van der Waals surface area contributed by atoms with Gasteiger partial charge in [-0.15, -0.1) is 0 Å². The van der Waals surface area contributed by atoms with Crippen LogP contribution in [-0.2, 0) is 53.1 Å². The highest BCUT2D eigenvalue weighted by Gasteiger charge is 2.73. The van der Waals surface area contributed by atoms with Crippen LogP contribution in [0, 0.1) is 113 Å². The molecule has 0 aromatic rings. The van der Waals surface area contributed by atoms with Gasteiger partial charge in [0.2, 0.25) is 6.79 Å². The molecule has 121 heavy (non-hydrogen) atoms. The maximum Gasteiger partial charge on any atom is 0.317 e. The fraction of sp³-hybridized carbons (Fsp3) is 0.840. The van der Waals surface area contributed by atoms with Crippen molar-refractivity contribution in [1.29, 1.82) is 0 Å². The van der Waals surface area contributed by atoms with Crippen LogP contribution in [0.1, 0.15) is 302 Å². The number of halogens is 3. The molecule has 0 aromatic heterocycles. The van der Waals surface area contributed by atoms with E-state index < -0.39 is 62.6 Å². The molecule has 8 saturated carbocycles. The number of nitrogens with zero attached hydrogens (tertiary/aromatic N) is 2. The number of alkyl halides is 3. The summed E-state index contributed by atoms with van der Waals surface area (Å²) in [6.45, 7) is 48.0. The number of hydrogen-bond donors (Lipinski definition) is 3. The quantitative estimate of drug-likeness (QED) is 0.0229. The number of carbonyl (C=O) groups is 4. The third-order valence-corrected chi connectivity index (χ3v) is 41.2.